The summed E-state index contributed by atoms with van der Waals surface area (Å²) in [5, 5.41) is 12.6. The molecule has 0 unspecified atom stereocenters. The van der Waals surface area contributed by atoms with E-state index < -0.39 is 52.6 Å². The normalized spacial score (nSPS) is 19.5. The minimum atomic E-state index is -0.913. The van der Waals surface area contributed by atoms with Gasteiger partial charge in [0.25, 0.3) is 23.4 Å². The Morgan fingerprint density at radius 3 is 2.44 bits per heavy atom. The van der Waals surface area contributed by atoms with Crippen LogP contribution < -0.4 is 0 Å². The lowest BCUT2D eigenvalue weighted by Crippen LogP contribution is -2.52. The number of imide groups is 1. The molecule has 1 fully saturated rings. The van der Waals surface area contributed by atoms with Crippen LogP contribution in [0.15, 0.2) is 60.2 Å². The molecule has 0 aromatic heterocycles. The molecule has 10 heteroatoms. The van der Waals surface area contributed by atoms with Crippen LogP contribution in [0.2, 0.25) is 0 Å². The molecule has 2 aromatic rings. The third-order valence-electron chi connectivity index (χ3n) is 6.04. The molecule has 0 bridgehead atoms. The zero-order valence-electron chi connectivity index (χ0n) is 18.1. The van der Waals surface area contributed by atoms with Crippen molar-refractivity contribution in [2.75, 3.05) is 6.54 Å². The molecule has 1 saturated heterocycles. The van der Waals surface area contributed by atoms with Gasteiger partial charge < -0.3 is 0 Å². The number of fused-ring (bicyclic) bond motifs is 1. The standard InChI is InChI=1S/C24H20FN3O6/c1-14-5-10-19-20(11-14)24(32)27(23(19)31)26(13-21(29)15-6-8-17(25)9-7-15)22(30)16-3-2-4-18(12-16)28(33)34/h2-9,12,19-20H,10-11,13H2,1H3/t19-,20-/m1/s1. The summed E-state index contributed by atoms with van der Waals surface area (Å²) in [6.07, 6.45) is 2.56. The van der Waals surface area contributed by atoms with Gasteiger partial charge in [-0.1, -0.05) is 17.7 Å². The Hall–Kier alpha value is -4.21. The first-order chi connectivity index (χ1) is 16.2. The molecule has 0 radical (unpaired) electrons. The topological polar surface area (TPSA) is 118 Å². The van der Waals surface area contributed by atoms with E-state index in [1.165, 1.54) is 30.3 Å². The second kappa shape index (κ2) is 8.97. The molecule has 0 saturated carbocycles. The average molecular weight is 465 g/mol. The Bertz CT molecular complexity index is 1240. The summed E-state index contributed by atoms with van der Waals surface area (Å²) in [7, 11) is 0. The third kappa shape index (κ3) is 4.21. The second-order valence-electron chi connectivity index (χ2n) is 8.29. The van der Waals surface area contributed by atoms with E-state index in [1.54, 1.807) is 0 Å². The van der Waals surface area contributed by atoms with Gasteiger partial charge in [0.05, 0.1) is 16.8 Å². The summed E-state index contributed by atoms with van der Waals surface area (Å²) < 4.78 is 13.3. The lowest BCUT2D eigenvalue weighted by atomic mass is 9.82. The van der Waals surface area contributed by atoms with Crippen LogP contribution in [0.25, 0.3) is 0 Å². The Labute approximate surface area is 193 Å². The maximum Gasteiger partial charge on any atom is 0.273 e. The number of halogens is 1. The Morgan fingerprint density at radius 1 is 1.09 bits per heavy atom. The van der Waals surface area contributed by atoms with E-state index in [-0.39, 0.29) is 16.8 Å². The molecule has 34 heavy (non-hydrogen) atoms. The molecular formula is C24H20FN3O6. The van der Waals surface area contributed by atoms with Crippen LogP contribution in [-0.4, -0.2) is 45.0 Å². The van der Waals surface area contributed by atoms with Gasteiger partial charge in [-0.15, -0.1) is 0 Å². The molecule has 0 N–H and O–H groups in total. The molecule has 9 nitrogen and oxygen atoms in total. The summed E-state index contributed by atoms with van der Waals surface area (Å²) in [6, 6.07) is 9.43. The van der Waals surface area contributed by atoms with Crippen LogP contribution in [-0.2, 0) is 9.59 Å². The number of hydrazine groups is 1. The fraction of sp³-hybridized carbons (Fsp3) is 0.250. The van der Waals surface area contributed by atoms with Crippen molar-refractivity contribution in [3.63, 3.8) is 0 Å². The smallest absolute Gasteiger partial charge is 0.273 e. The highest BCUT2D eigenvalue weighted by atomic mass is 19.1. The van der Waals surface area contributed by atoms with Crippen molar-refractivity contribution in [2.45, 2.75) is 19.8 Å². The van der Waals surface area contributed by atoms with Gasteiger partial charge in [0.2, 0.25) is 0 Å². The number of Topliss-reactive ketones (excluding diaryl/α,β-unsaturated/α-hetero) is 1. The van der Waals surface area contributed by atoms with E-state index in [0.29, 0.717) is 17.9 Å². The number of benzene rings is 2. The van der Waals surface area contributed by atoms with E-state index in [4.69, 9.17) is 0 Å². The first-order valence-electron chi connectivity index (χ1n) is 10.6. The predicted molar refractivity (Wildman–Crippen MR) is 117 cm³/mol. The summed E-state index contributed by atoms with van der Waals surface area (Å²) in [6.45, 7) is 1.16. The zero-order chi connectivity index (χ0) is 24.6. The van der Waals surface area contributed by atoms with Crippen LogP contribution in [0.5, 0.6) is 0 Å². The highest BCUT2D eigenvalue weighted by molar-refractivity contribution is 6.09. The molecule has 4 rings (SSSR count). The minimum absolute atomic E-state index is 0.0762. The number of nitro groups is 1. The van der Waals surface area contributed by atoms with E-state index in [1.807, 2.05) is 13.0 Å². The van der Waals surface area contributed by atoms with Crippen molar-refractivity contribution >= 4 is 29.2 Å². The second-order valence-corrected chi connectivity index (χ2v) is 8.29. The van der Waals surface area contributed by atoms with Crippen LogP contribution >= 0.6 is 0 Å². The Balaban J connectivity index is 1.71. The molecule has 3 amide bonds. The number of amides is 3. The molecule has 1 heterocycles. The Morgan fingerprint density at radius 2 is 1.76 bits per heavy atom. The minimum Gasteiger partial charge on any atom is -0.292 e. The molecule has 0 spiro atoms. The first-order valence-corrected chi connectivity index (χ1v) is 10.6. The van der Waals surface area contributed by atoms with Gasteiger partial charge in [-0.25, -0.2) is 9.40 Å². The summed E-state index contributed by atoms with van der Waals surface area (Å²) in [4.78, 5) is 63.2. The lowest BCUT2D eigenvalue weighted by molar-refractivity contribution is -0.384. The fourth-order valence-corrected chi connectivity index (χ4v) is 4.26. The number of carbonyl (C=O) groups is 4. The molecule has 1 aliphatic carbocycles. The largest absolute Gasteiger partial charge is 0.292 e. The molecule has 1 aliphatic heterocycles. The quantitative estimate of drug-likeness (QED) is 0.212. The highest BCUT2D eigenvalue weighted by Crippen LogP contribution is 2.38. The summed E-state index contributed by atoms with van der Waals surface area (Å²) in [5.41, 5.74) is 0.504. The van der Waals surface area contributed by atoms with Gasteiger partial charge in [0.15, 0.2) is 5.78 Å². The number of allylic oxidation sites excluding steroid dienone is 2. The maximum absolute atomic E-state index is 13.4. The van der Waals surface area contributed by atoms with Crippen molar-refractivity contribution in [3.8, 4) is 0 Å². The number of hydrogen-bond acceptors (Lipinski definition) is 6. The number of non-ortho nitro benzene ring substituents is 1. The van der Waals surface area contributed by atoms with Gasteiger partial charge >= 0.3 is 0 Å². The van der Waals surface area contributed by atoms with Gasteiger partial charge in [-0.3, -0.25) is 29.3 Å². The monoisotopic (exact) mass is 465 g/mol. The maximum atomic E-state index is 13.4. The first kappa shape index (κ1) is 23.0. The van der Waals surface area contributed by atoms with Crippen LogP contribution in [0.3, 0.4) is 0 Å². The lowest BCUT2D eigenvalue weighted by Gasteiger charge is -2.30. The van der Waals surface area contributed by atoms with Crippen molar-refractivity contribution in [2.24, 2.45) is 11.8 Å². The van der Waals surface area contributed by atoms with Crippen molar-refractivity contribution < 1.29 is 28.5 Å². The van der Waals surface area contributed by atoms with E-state index in [9.17, 15) is 33.7 Å². The van der Waals surface area contributed by atoms with E-state index in [0.717, 1.165) is 28.8 Å². The van der Waals surface area contributed by atoms with Gasteiger partial charge in [-0.05, 0) is 50.1 Å². The van der Waals surface area contributed by atoms with E-state index >= 15 is 0 Å². The number of nitrogens with zero attached hydrogens (tertiary/aromatic N) is 3. The number of rotatable bonds is 6. The van der Waals surface area contributed by atoms with E-state index in [2.05, 4.69) is 0 Å². The molecule has 2 aromatic carbocycles. The fourth-order valence-electron chi connectivity index (χ4n) is 4.26. The predicted octanol–water partition coefficient (Wildman–Crippen LogP) is 3.32. The number of hydrogen-bond donors (Lipinski definition) is 0. The summed E-state index contributed by atoms with van der Waals surface area (Å²) in [5.74, 6) is -4.63. The van der Waals surface area contributed by atoms with Crippen molar-refractivity contribution in [3.05, 3.63) is 87.2 Å². The molecule has 2 aliphatic rings. The molecule has 2 atom stereocenters. The summed E-state index contributed by atoms with van der Waals surface area (Å²) >= 11 is 0. The Kier molecular flexibility index (Phi) is 6.06. The average Bonchev–Trinajstić information content (AvgIpc) is 3.06. The zero-order valence-corrected chi connectivity index (χ0v) is 18.1. The van der Waals surface area contributed by atoms with Crippen LogP contribution in [0.1, 0.15) is 40.5 Å². The van der Waals surface area contributed by atoms with Crippen LogP contribution in [0.4, 0.5) is 10.1 Å². The third-order valence-corrected chi connectivity index (χ3v) is 6.04. The molecule has 174 valence electrons. The van der Waals surface area contributed by atoms with Crippen molar-refractivity contribution in [1.82, 2.24) is 10.0 Å². The van der Waals surface area contributed by atoms with Crippen molar-refractivity contribution in [1.29, 1.82) is 0 Å². The SMILES string of the molecule is CC1=CC[C@H]2C(=O)N(N(CC(=O)c3ccc(F)cc3)C(=O)c3cccc([N+](=O)[O-])c3)C(=O)[C@@H]2C1. The van der Waals surface area contributed by atoms with Gasteiger partial charge in [0, 0.05) is 23.3 Å². The highest BCUT2D eigenvalue weighted by Gasteiger charge is 2.51. The number of ketones is 1. The number of nitro benzene ring substituents is 1. The number of carbonyl (C=O) groups excluding carboxylic acids is 4. The van der Waals surface area contributed by atoms with Crippen LogP contribution in [0, 0.1) is 27.8 Å². The van der Waals surface area contributed by atoms with Gasteiger partial charge in [0.1, 0.15) is 12.4 Å². The van der Waals surface area contributed by atoms with Gasteiger partial charge in [-0.2, -0.15) is 5.01 Å². The molecular weight excluding hydrogens is 445 g/mol.